The Kier molecular flexibility index (Phi) is 5.81. The molecule has 3 rings (SSSR count). The Morgan fingerprint density at radius 1 is 1.00 bits per heavy atom. The molecule has 0 saturated heterocycles. The summed E-state index contributed by atoms with van der Waals surface area (Å²) >= 11 is 0. The van der Waals surface area contributed by atoms with E-state index in [1.807, 2.05) is 60.4 Å². The van der Waals surface area contributed by atoms with Crippen LogP contribution in [0.3, 0.4) is 0 Å². The molecule has 0 saturated carbocycles. The first-order valence-electron chi connectivity index (χ1n) is 9.18. The third kappa shape index (κ3) is 4.14. The number of hydrogen-bond donors (Lipinski definition) is 1. The summed E-state index contributed by atoms with van der Waals surface area (Å²) in [5.74, 6) is 0.464. The molecule has 27 heavy (non-hydrogen) atoms. The van der Waals surface area contributed by atoms with Crippen molar-refractivity contribution in [1.29, 1.82) is 0 Å². The van der Waals surface area contributed by atoms with E-state index in [1.165, 1.54) is 6.20 Å². The fraction of sp³-hybridized carbons (Fsp3) is 0.227. The second kappa shape index (κ2) is 8.45. The van der Waals surface area contributed by atoms with Crippen molar-refractivity contribution in [1.82, 2.24) is 9.97 Å². The fourth-order valence-corrected chi connectivity index (χ4v) is 3.04. The van der Waals surface area contributed by atoms with Crippen molar-refractivity contribution in [3.63, 3.8) is 0 Å². The predicted molar refractivity (Wildman–Crippen MR) is 110 cm³/mol. The number of benzene rings is 2. The van der Waals surface area contributed by atoms with Gasteiger partial charge in [-0.1, -0.05) is 43.3 Å². The summed E-state index contributed by atoms with van der Waals surface area (Å²) in [4.78, 5) is 23.5. The van der Waals surface area contributed by atoms with Crippen LogP contribution >= 0.6 is 0 Å². The fourth-order valence-electron chi connectivity index (χ4n) is 3.04. The zero-order valence-electron chi connectivity index (χ0n) is 15.9. The lowest BCUT2D eigenvalue weighted by Crippen LogP contribution is -2.20. The molecule has 0 spiro atoms. The zero-order chi connectivity index (χ0) is 19.2. The number of nitrogens with zero attached hydrogens (tertiary/aromatic N) is 3. The minimum absolute atomic E-state index is 0.249. The Morgan fingerprint density at radius 3 is 2.41 bits per heavy atom. The van der Waals surface area contributed by atoms with Crippen molar-refractivity contribution in [3.05, 3.63) is 77.7 Å². The van der Waals surface area contributed by atoms with Crippen molar-refractivity contribution >= 4 is 23.1 Å². The molecule has 0 fully saturated rings. The van der Waals surface area contributed by atoms with E-state index in [0.717, 1.165) is 35.5 Å². The summed E-state index contributed by atoms with van der Waals surface area (Å²) < 4.78 is 0. The molecule has 5 heteroatoms. The lowest BCUT2D eigenvalue weighted by Gasteiger charge is -2.21. The molecule has 3 aromatic rings. The average Bonchev–Trinajstić information content (AvgIpc) is 2.71. The molecule has 138 valence electrons. The van der Waals surface area contributed by atoms with Crippen molar-refractivity contribution in [2.75, 3.05) is 16.8 Å². The Balaban J connectivity index is 1.80. The number of carbonyl (C=O) groups excluding carboxylic acids is 1. The Morgan fingerprint density at radius 2 is 1.78 bits per heavy atom. The maximum absolute atomic E-state index is 12.6. The molecule has 0 radical (unpaired) electrons. The second-order valence-corrected chi connectivity index (χ2v) is 6.26. The van der Waals surface area contributed by atoms with Gasteiger partial charge in [0.25, 0.3) is 5.91 Å². The van der Waals surface area contributed by atoms with E-state index in [4.69, 9.17) is 0 Å². The molecular formula is C22H24N4O. The normalized spacial score (nSPS) is 10.5. The Labute approximate surface area is 160 Å². The summed E-state index contributed by atoms with van der Waals surface area (Å²) in [6.45, 7) is 6.87. The van der Waals surface area contributed by atoms with Crippen molar-refractivity contribution < 1.29 is 4.79 Å². The molecule has 0 unspecified atom stereocenters. The zero-order valence-corrected chi connectivity index (χ0v) is 15.9. The van der Waals surface area contributed by atoms with E-state index in [0.29, 0.717) is 11.5 Å². The summed E-state index contributed by atoms with van der Waals surface area (Å²) in [5, 5.41) is 2.99. The van der Waals surface area contributed by atoms with Gasteiger partial charge in [-0.3, -0.25) is 4.79 Å². The van der Waals surface area contributed by atoms with Crippen molar-refractivity contribution in [2.24, 2.45) is 0 Å². The smallest absolute Gasteiger partial charge is 0.275 e. The molecule has 0 aliphatic heterocycles. The lowest BCUT2D eigenvalue weighted by molar-refractivity contribution is 0.102. The summed E-state index contributed by atoms with van der Waals surface area (Å²) in [7, 11) is 0. The average molecular weight is 360 g/mol. The van der Waals surface area contributed by atoms with Gasteiger partial charge < -0.3 is 10.2 Å². The number of rotatable bonds is 6. The molecule has 1 amide bonds. The van der Waals surface area contributed by atoms with E-state index >= 15 is 0 Å². The first-order valence-corrected chi connectivity index (χ1v) is 9.18. The van der Waals surface area contributed by atoms with Crippen LogP contribution in [0.15, 0.2) is 60.9 Å². The summed E-state index contributed by atoms with van der Waals surface area (Å²) in [6, 6.07) is 16.0. The second-order valence-electron chi connectivity index (χ2n) is 6.26. The van der Waals surface area contributed by atoms with E-state index in [1.54, 1.807) is 6.20 Å². The van der Waals surface area contributed by atoms with Gasteiger partial charge in [-0.05, 0) is 43.5 Å². The molecule has 5 nitrogen and oxygen atoms in total. The summed E-state index contributed by atoms with van der Waals surface area (Å²) in [5.41, 5.74) is 4.34. The van der Waals surface area contributed by atoms with Gasteiger partial charge in [0.1, 0.15) is 5.69 Å². The first kappa shape index (κ1) is 18.6. The first-order chi connectivity index (χ1) is 13.1. The largest absolute Gasteiger partial charge is 0.325 e. The van der Waals surface area contributed by atoms with Crippen LogP contribution in [0.2, 0.25) is 0 Å². The third-order valence-corrected chi connectivity index (χ3v) is 4.51. The number of amides is 1. The van der Waals surface area contributed by atoms with E-state index in [-0.39, 0.29) is 5.91 Å². The molecule has 2 aromatic carbocycles. The van der Waals surface area contributed by atoms with Crippen LogP contribution < -0.4 is 10.2 Å². The van der Waals surface area contributed by atoms with Crippen LogP contribution in [0.5, 0.6) is 0 Å². The van der Waals surface area contributed by atoms with Crippen molar-refractivity contribution in [3.8, 4) is 0 Å². The van der Waals surface area contributed by atoms with Crippen LogP contribution in [0, 0.1) is 6.92 Å². The molecule has 1 aromatic heterocycles. The summed E-state index contributed by atoms with van der Waals surface area (Å²) in [6.07, 6.45) is 4.02. The maximum Gasteiger partial charge on any atom is 0.275 e. The quantitative estimate of drug-likeness (QED) is 0.689. The minimum atomic E-state index is -0.249. The minimum Gasteiger partial charge on any atom is -0.325 e. The van der Waals surface area contributed by atoms with Gasteiger partial charge in [0.2, 0.25) is 0 Å². The van der Waals surface area contributed by atoms with Gasteiger partial charge in [-0.2, -0.15) is 0 Å². The van der Waals surface area contributed by atoms with E-state index < -0.39 is 0 Å². The topological polar surface area (TPSA) is 58.1 Å². The highest BCUT2D eigenvalue weighted by atomic mass is 16.1. The lowest BCUT2D eigenvalue weighted by atomic mass is 10.1. The predicted octanol–water partition coefficient (Wildman–Crippen LogP) is 4.76. The molecule has 1 heterocycles. The number of anilines is 3. The van der Waals surface area contributed by atoms with Gasteiger partial charge >= 0.3 is 0 Å². The number of nitrogens with one attached hydrogen (secondary N) is 1. The van der Waals surface area contributed by atoms with Crippen LogP contribution in [0.1, 0.15) is 35.5 Å². The highest BCUT2D eigenvalue weighted by Gasteiger charge is 2.14. The molecule has 0 aliphatic carbocycles. The van der Waals surface area contributed by atoms with Gasteiger partial charge in [0.15, 0.2) is 5.82 Å². The maximum atomic E-state index is 12.6. The molecule has 0 aliphatic rings. The standard InChI is InChI=1S/C22H24N4O/c1-4-17-11-9-10-16(3)21(17)25-22(27)19-14-24-20(15-23-19)26(5-2)18-12-7-6-8-13-18/h6-15H,4-5H2,1-3H3,(H,25,27). The highest BCUT2D eigenvalue weighted by molar-refractivity contribution is 6.03. The molecule has 0 atom stereocenters. The number of carbonyl (C=O) groups is 1. The van der Waals surface area contributed by atoms with Crippen LogP contribution in [0.25, 0.3) is 0 Å². The van der Waals surface area contributed by atoms with Crippen LogP contribution in [-0.4, -0.2) is 22.4 Å². The highest BCUT2D eigenvalue weighted by Crippen LogP contribution is 2.23. The van der Waals surface area contributed by atoms with Gasteiger partial charge in [-0.15, -0.1) is 0 Å². The molecule has 0 bridgehead atoms. The Bertz CT molecular complexity index is 907. The number of aromatic nitrogens is 2. The van der Waals surface area contributed by atoms with Crippen LogP contribution in [-0.2, 0) is 6.42 Å². The third-order valence-electron chi connectivity index (χ3n) is 4.51. The van der Waals surface area contributed by atoms with E-state index in [2.05, 4.69) is 29.1 Å². The molecular weight excluding hydrogens is 336 g/mol. The van der Waals surface area contributed by atoms with Crippen molar-refractivity contribution in [2.45, 2.75) is 27.2 Å². The van der Waals surface area contributed by atoms with Gasteiger partial charge in [0, 0.05) is 17.9 Å². The van der Waals surface area contributed by atoms with Gasteiger partial charge in [0.05, 0.1) is 12.4 Å². The number of hydrogen-bond acceptors (Lipinski definition) is 4. The molecule has 1 N–H and O–H groups in total. The SMILES string of the molecule is CCc1cccc(C)c1NC(=O)c1cnc(N(CC)c2ccccc2)cn1. The Hall–Kier alpha value is -3.21. The number of para-hydroxylation sites is 2. The monoisotopic (exact) mass is 360 g/mol. The van der Waals surface area contributed by atoms with E-state index in [9.17, 15) is 4.79 Å². The number of aryl methyl sites for hydroxylation is 2. The van der Waals surface area contributed by atoms with Gasteiger partial charge in [-0.25, -0.2) is 9.97 Å². The van der Waals surface area contributed by atoms with Crippen LogP contribution in [0.4, 0.5) is 17.2 Å².